The lowest BCUT2D eigenvalue weighted by Crippen LogP contribution is -2.38. The van der Waals surface area contributed by atoms with Crippen LogP contribution in [0.2, 0.25) is 0 Å². The fraction of sp³-hybridized carbons (Fsp3) is 0.150. The minimum atomic E-state index is 1.15. The van der Waals surface area contributed by atoms with E-state index in [4.69, 9.17) is 0 Å². The molecule has 3 rings (SSSR count). The van der Waals surface area contributed by atoms with Gasteiger partial charge in [-0.2, -0.15) is 9.13 Å². The standard InChI is InChI=1S/C20H21N3/c1-16-8-12-22(2)19(14-16)20-15-18(9-13-23(20)3)5-4-17-6-10-21-11-7-17/h4-15H,1-3H3/q+2. The molecule has 0 spiro atoms. The lowest BCUT2D eigenvalue weighted by atomic mass is 10.1. The van der Waals surface area contributed by atoms with E-state index in [1.165, 1.54) is 22.5 Å². The summed E-state index contributed by atoms with van der Waals surface area (Å²) in [7, 11) is 4.16. The van der Waals surface area contributed by atoms with Crippen molar-refractivity contribution < 1.29 is 9.13 Å². The van der Waals surface area contributed by atoms with E-state index in [1.54, 1.807) is 0 Å². The molecule has 0 fully saturated rings. The van der Waals surface area contributed by atoms with E-state index in [0.29, 0.717) is 0 Å². The van der Waals surface area contributed by atoms with E-state index in [0.717, 1.165) is 5.56 Å². The van der Waals surface area contributed by atoms with E-state index >= 15 is 0 Å². The summed E-state index contributed by atoms with van der Waals surface area (Å²) in [6.07, 6.45) is 12.1. The Morgan fingerprint density at radius 2 is 1.39 bits per heavy atom. The molecular weight excluding hydrogens is 282 g/mol. The smallest absolute Gasteiger partial charge is 0.265 e. The first kappa shape index (κ1) is 15.1. The fourth-order valence-electron chi connectivity index (χ4n) is 2.54. The Morgan fingerprint density at radius 3 is 2.13 bits per heavy atom. The minimum Gasteiger partial charge on any atom is -0.265 e. The molecule has 0 atom stereocenters. The van der Waals surface area contributed by atoms with Gasteiger partial charge < -0.3 is 0 Å². The first-order chi connectivity index (χ1) is 11.1. The number of rotatable bonds is 3. The number of hydrogen-bond acceptors (Lipinski definition) is 1. The van der Waals surface area contributed by atoms with Gasteiger partial charge in [-0.05, 0) is 35.7 Å². The van der Waals surface area contributed by atoms with E-state index < -0.39 is 0 Å². The average molecular weight is 303 g/mol. The Kier molecular flexibility index (Phi) is 4.29. The summed E-state index contributed by atoms with van der Waals surface area (Å²) in [5.74, 6) is 0. The van der Waals surface area contributed by atoms with Crippen molar-refractivity contribution in [3.05, 3.63) is 77.9 Å². The zero-order valence-electron chi connectivity index (χ0n) is 13.8. The molecule has 3 nitrogen and oxygen atoms in total. The van der Waals surface area contributed by atoms with Crippen LogP contribution in [0, 0.1) is 6.92 Å². The Morgan fingerprint density at radius 1 is 0.783 bits per heavy atom. The van der Waals surface area contributed by atoms with Gasteiger partial charge in [0.15, 0.2) is 12.4 Å². The summed E-state index contributed by atoms with van der Waals surface area (Å²) in [6.45, 7) is 2.12. The van der Waals surface area contributed by atoms with Gasteiger partial charge in [-0.25, -0.2) is 0 Å². The van der Waals surface area contributed by atoms with E-state index in [2.05, 4.69) is 83.9 Å². The molecule has 0 bridgehead atoms. The van der Waals surface area contributed by atoms with Crippen LogP contribution >= 0.6 is 0 Å². The number of nitrogens with zero attached hydrogens (tertiary/aromatic N) is 3. The zero-order chi connectivity index (χ0) is 16.2. The number of aromatic nitrogens is 3. The van der Waals surface area contributed by atoms with Crippen molar-refractivity contribution in [1.29, 1.82) is 0 Å². The maximum atomic E-state index is 4.04. The van der Waals surface area contributed by atoms with Crippen LogP contribution in [0.3, 0.4) is 0 Å². The lowest BCUT2D eigenvalue weighted by Gasteiger charge is -2.02. The second-order valence-corrected chi connectivity index (χ2v) is 5.77. The summed E-state index contributed by atoms with van der Waals surface area (Å²) >= 11 is 0. The van der Waals surface area contributed by atoms with Crippen LogP contribution in [-0.2, 0) is 14.1 Å². The van der Waals surface area contributed by atoms with Crippen molar-refractivity contribution >= 4 is 12.2 Å². The Labute approximate surface area is 137 Å². The molecule has 114 valence electrons. The maximum Gasteiger partial charge on any atom is 0.277 e. The van der Waals surface area contributed by atoms with Crippen molar-refractivity contribution in [3.8, 4) is 11.4 Å². The summed E-state index contributed by atoms with van der Waals surface area (Å²) < 4.78 is 4.30. The predicted octanol–water partition coefficient (Wildman–Crippen LogP) is 2.88. The predicted molar refractivity (Wildman–Crippen MR) is 92.1 cm³/mol. The third-order valence-electron chi connectivity index (χ3n) is 3.92. The van der Waals surface area contributed by atoms with Gasteiger partial charge in [0.25, 0.3) is 11.4 Å². The highest BCUT2D eigenvalue weighted by Crippen LogP contribution is 2.15. The summed E-state index contributed by atoms with van der Waals surface area (Å²) in [5, 5.41) is 0. The molecular formula is C20H21N3+2. The lowest BCUT2D eigenvalue weighted by molar-refractivity contribution is -0.690. The molecule has 0 aliphatic carbocycles. The molecule has 3 aromatic heterocycles. The topological polar surface area (TPSA) is 20.6 Å². The molecule has 0 amide bonds. The molecule has 3 aromatic rings. The summed E-state index contributed by atoms with van der Waals surface area (Å²) in [6, 6.07) is 12.7. The molecule has 23 heavy (non-hydrogen) atoms. The monoisotopic (exact) mass is 303 g/mol. The van der Waals surface area contributed by atoms with Gasteiger partial charge in [-0.3, -0.25) is 4.98 Å². The van der Waals surface area contributed by atoms with Crippen LogP contribution in [0.15, 0.2) is 61.2 Å². The number of pyridine rings is 3. The molecule has 0 saturated heterocycles. The SMILES string of the molecule is Cc1cc[n+](C)c(-c2cc(C=Cc3ccncc3)cc[n+]2C)c1. The summed E-state index contributed by atoms with van der Waals surface area (Å²) in [4.78, 5) is 4.04. The maximum absolute atomic E-state index is 4.04. The van der Waals surface area contributed by atoms with Crippen molar-refractivity contribution in [2.75, 3.05) is 0 Å². The third kappa shape index (κ3) is 3.51. The van der Waals surface area contributed by atoms with Gasteiger partial charge in [0.05, 0.1) is 0 Å². The van der Waals surface area contributed by atoms with Crippen LogP contribution in [0.1, 0.15) is 16.7 Å². The van der Waals surface area contributed by atoms with E-state index in [1.807, 2.05) is 24.5 Å². The van der Waals surface area contributed by atoms with Gasteiger partial charge in [0, 0.05) is 36.7 Å². The number of aryl methyl sites for hydroxylation is 3. The first-order valence-corrected chi connectivity index (χ1v) is 7.68. The largest absolute Gasteiger partial charge is 0.277 e. The van der Waals surface area contributed by atoms with Gasteiger partial charge in [-0.15, -0.1) is 0 Å². The second kappa shape index (κ2) is 6.53. The Bertz CT molecular complexity index is 852. The van der Waals surface area contributed by atoms with Crippen molar-refractivity contribution in [1.82, 2.24) is 4.98 Å². The average Bonchev–Trinajstić information content (AvgIpc) is 2.57. The molecule has 0 radical (unpaired) electrons. The van der Waals surface area contributed by atoms with Crippen LogP contribution in [0.25, 0.3) is 23.5 Å². The highest BCUT2D eigenvalue weighted by Gasteiger charge is 2.19. The Hall–Kier alpha value is -2.81. The molecule has 0 aliphatic heterocycles. The minimum absolute atomic E-state index is 1.15. The van der Waals surface area contributed by atoms with Crippen molar-refractivity contribution in [3.63, 3.8) is 0 Å². The second-order valence-electron chi connectivity index (χ2n) is 5.77. The molecule has 3 heterocycles. The van der Waals surface area contributed by atoms with Gasteiger partial charge in [0.1, 0.15) is 14.1 Å². The molecule has 0 aromatic carbocycles. The molecule has 0 unspecified atom stereocenters. The van der Waals surface area contributed by atoms with Gasteiger partial charge >= 0.3 is 0 Å². The van der Waals surface area contributed by atoms with E-state index in [9.17, 15) is 0 Å². The van der Waals surface area contributed by atoms with Crippen LogP contribution in [0.5, 0.6) is 0 Å². The molecule has 0 saturated carbocycles. The van der Waals surface area contributed by atoms with Gasteiger partial charge in [-0.1, -0.05) is 12.2 Å². The normalized spacial score (nSPS) is 11.1. The van der Waals surface area contributed by atoms with Crippen LogP contribution in [0.4, 0.5) is 0 Å². The highest BCUT2D eigenvalue weighted by atomic mass is 15.0. The fourth-order valence-corrected chi connectivity index (χ4v) is 2.54. The third-order valence-corrected chi connectivity index (χ3v) is 3.92. The first-order valence-electron chi connectivity index (χ1n) is 7.68. The highest BCUT2D eigenvalue weighted by molar-refractivity contribution is 5.70. The molecule has 0 aliphatic rings. The number of hydrogen-bond donors (Lipinski definition) is 0. The van der Waals surface area contributed by atoms with Crippen molar-refractivity contribution in [2.24, 2.45) is 14.1 Å². The Balaban J connectivity index is 2.00. The van der Waals surface area contributed by atoms with E-state index in [-0.39, 0.29) is 0 Å². The summed E-state index contributed by atoms with van der Waals surface area (Å²) in [5.41, 5.74) is 5.97. The van der Waals surface area contributed by atoms with Gasteiger partial charge in [0.2, 0.25) is 0 Å². The van der Waals surface area contributed by atoms with Crippen molar-refractivity contribution in [2.45, 2.75) is 6.92 Å². The zero-order valence-corrected chi connectivity index (χ0v) is 13.8. The molecule has 3 heteroatoms. The van der Waals surface area contributed by atoms with Crippen LogP contribution in [-0.4, -0.2) is 4.98 Å². The van der Waals surface area contributed by atoms with Crippen LogP contribution < -0.4 is 9.13 Å². The molecule has 0 N–H and O–H groups in total. The quantitative estimate of drug-likeness (QED) is 0.682.